The standard InChI is InChI=1S/C30H52O6Si/c1-21(19-34-20-23-16-14-13-15-17-23)26(36-37(11,12)29(6,7)8)22(2)27(33)30(9,10)24(31)18-25(32)35-28(3,4)5/h13-17,21-22,24,26,31H,18-20H2,1-12H3/t21-,22?,24-,26?/m0/s1. The summed E-state index contributed by atoms with van der Waals surface area (Å²) in [5.41, 5.74) is -0.724. The Morgan fingerprint density at radius 3 is 1.97 bits per heavy atom. The number of carbonyl (C=O) groups excluding carboxylic acids is 2. The van der Waals surface area contributed by atoms with Crippen molar-refractivity contribution in [1.82, 2.24) is 0 Å². The van der Waals surface area contributed by atoms with Gasteiger partial charge in [-0.15, -0.1) is 0 Å². The van der Waals surface area contributed by atoms with Crippen LogP contribution < -0.4 is 0 Å². The first-order valence-corrected chi connectivity index (χ1v) is 16.3. The number of hydrogen-bond acceptors (Lipinski definition) is 6. The lowest BCUT2D eigenvalue weighted by molar-refractivity contribution is -0.160. The highest BCUT2D eigenvalue weighted by atomic mass is 28.4. The third-order valence-corrected chi connectivity index (χ3v) is 11.9. The fourth-order valence-corrected chi connectivity index (χ4v) is 5.43. The third-order valence-electron chi connectivity index (χ3n) is 7.44. The van der Waals surface area contributed by atoms with E-state index in [0.29, 0.717) is 13.2 Å². The summed E-state index contributed by atoms with van der Waals surface area (Å²) in [6.45, 7) is 24.4. The predicted molar refractivity (Wildman–Crippen MR) is 152 cm³/mol. The lowest BCUT2D eigenvalue weighted by Crippen LogP contribution is -2.52. The Balaban J connectivity index is 3.09. The van der Waals surface area contributed by atoms with Crippen molar-refractivity contribution < 1.29 is 28.6 Å². The van der Waals surface area contributed by atoms with Gasteiger partial charge in [-0.1, -0.05) is 78.8 Å². The zero-order chi connectivity index (χ0) is 28.8. The summed E-state index contributed by atoms with van der Waals surface area (Å²) in [4.78, 5) is 26.2. The molecule has 0 spiro atoms. The molecule has 0 fully saturated rings. The first-order valence-electron chi connectivity index (χ1n) is 13.4. The molecule has 0 aliphatic carbocycles. The number of ether oxygens (including phenoxy) is 2. The fourth-order valence-electron chi connectivity index (χ4n) is 3.96. The van der Waals surface area contributed by atoms with Crippen LogP contribution in [0.3, 0.4) is 0 Å². The van der Waals surface area contributed by atoms with Crippen LogP contribution in [0.25, 0.3) is 0 Å². The van der Waals surface area contributed by atoms with Crippen molar-refractivity contribution in [3.63, 3.8) is 0 Å². The van der Waals surface area contributed by atoms with Gasteiger partial charge < -0.3 is 19.0 Å². The van der Waals surface area contributed by atoms with E-state index in [1.807, 2.05) is 37.3 Å². The Bertz CT molecular complexity index is 866. The van der Waals surface area contributed by atoms with Gasteiger partial charge in [0.15, 0.2) is 8.32 Å². The van der Waals surface area contributed by atoms with Crippen molar-refractivity contribution in [2.45, 2.75) is 118 Å². The molecule has 37 heavy (non-hydrogen) atoms. The normalized spacial score (nSPS) is 16.6. The lowest BCUT2D eigenvalue weighted by Gasteiger charge is -2.44. The molecule has 1 aromatic rings. The number of ketones is 1. The second-order valence-corrected chi connectivity index (χ2v) is 18.3. The molecule has 4 atom stereocenters. The summed E-state index contributed by atoms with van der Waals surface area (Å²) in [5, 5.41) is 10.9. The molecule has 2 unspecified atom stereocenters. The molecule has 0 saturated carbocycles. The van der Waals surface area contributed by atoms with Gasteiger partial charge in [0.2, 0.25) is 0 Å². The molecule has 1 N–H and O–H groups in total. The quantitative estimate of drug-likeness (QED) is 0.227. The number of esters is 1. The van der Waals surface area contributed by atoms with Crippen LogP contribution >= 0.6 is 0 Å². The van der Waals surface area contributed by atoms with E-state index in [-0.39, 0.29) is 23.2 Å². The zero-order valence-corrected chi connectivity index (χ0v) is 26.3. The SMILES string of the molecule is CC(C(=O)C(C)(C)[C@@H](O)CC(=O)OC(C)(C)C)C(O[Si](C)(C)C(C)(C)C)[C@@H](C)COCc1ccccc1. The van der Waals surface area contributed by atoms with E-state index < -0.39 is 43.4 Å². The molecule has 1 aromatic carbocycles. The van der Waals surface area contributed by atoms with E-state index in [1.54, 1.807) is 34.6 Å². The highest BCUT2D eigenvalue weighted by Crippen LogP contribution is 2.40. The van der Waals surface area contributed by atoms with Gasteiger partial charge in [-0.3, -0.25) is 9.59 Å². The van der Waals surface area contributed by atoms with Crippen molar-refractivity contribution in [2.75, 3.05) is 6.61 Å². The average molecular weight is 537 g/mol. The Morgan fingerprint density at radius 1 is 0.946 bits per heavy atom. The summed E-state index contributed by atoms with van der Waals surface area (Å²) in [6, 6.07) is 9.99. The van der Waals surface area contributed by atoms with Gasteiger partial charge in [0.25, 0.3) is 0 Å². The summed E-state index contributed by atoms with van der Waals surface area (Å²) in [7, 11) is -2.23. The molecular formula is C30H52O6Si. The predicted octanol–water partition coefficient (Wildman–Crippen LogP) is 6.55. The summed E-state index contributed by atoms with van der Waals surface area (Å²) >= 11 is 0. The van der Waals surface area contributed by atoms with Crippen LogP contribution in [0.1, 0.15) is 81.2 Å². The van der Waals surface area contributed by atoms with E-state index in [2.05, 4.69) is 40.8 Å². The lowest BCUT2D eigenvalue weighted by atomic mass is 9.73. The molecule has 7 heteroatoms. The van der Waals surface area contributed by atoms with Gasteiger partial charge in [-0.2, -0.15) is 0 Å². The van der Waals surface area contributed by atoms with Crippen molar-refractivity contribution in [1.29, 1.82) is 0 Å². The molecule has 0 amide bonds. The van der Waals surface area contributed by atoms with Gasteiger partial charge in [-0.25, -0.2) is 0 Å². The number of aliphatic hydroxyl groups is 1. The van der Waals surface area contributed by atoms with Crippen molar-refractivity contribution in [3.8, 4) is 0 Å². The second kappa shape index (κ2) is 13.0. The zero-order valence-electron chi connectivity index (χ0n) is 25.3. The number of hydrogen-bond donors (Lipinski definition) is 1. The molecule has 0 heterocycles. The average Bonchev–Trinajstić information content (AvgIpc) is 2.74. The molecule has 0 bridgehead atoms. The van der Waals surface area contributed by atoms with Crippen LogP contribution in [-0.4, -0.2) is 49.6 Å². The molecule has 6 nitrogen and oxygen atoms in total. The molecule has 0 saturated heterocycles. The van der Waals surface area contributed by atoms with E-state index >= 15 is 0 Å². The summed E-state index contributed by atoms with van der Waals surface area (Å²) in [6.07, 6.45) is -1.81. The van der Waals surface area contributed by atoms with Crippen LogP contribution in [-0.2, 0) is 30.1 Å². The van der Waals surface area contributed by atoms with E-state index in [9.17, 15) is 14.7 Å². The van der Waals surface area contributed by atoms with Crippen LogP contribution in [0, 0.1) is 17.3 Å². The topological polar surface area (TPSA) is 82.1 Å². The van der Waals surface area contributed by atoms with Crippen LogP contribution in [0.5, 0.6) is 0 Å². The highest BCUT2D eigenvalue weighted by molar-refractivity contribution is 6.74. The van der Waals surface area contributed by atoms with Gasteiger partial charge in [-0.05, 0) is 44.5 Å². The highest BCUT2D eigenvalue weighted by Gasteiger charge is 2.46. The smallest absolute Gasteiger partial charge is 0.308 e. The van der Waals surface area contributed by atoms with E-state index in [4.69, 9.17) is 13.9 Å². The minimum Gasteiger partial charge on any atom is -0.460 e. The van der Waals surface area contributed by atoms with Crippen LogP contribution in [0.4, 0.5) is 0 Å². The van der Waals surface area contributed by atoms with Gasteiger partial charge in [0, 0.05) is 11.8 Å². The molecule has 0 aliphatic heterocycles. The minimum atomic E-state index is -2.23. The first kappa shape index (κ1) is 33.5. The third kappa shape index (κ3) is 10.3. The maximum Gasteiger partial charge on any atom is 0.308 e. The molecule has 0 radical (unpaired) electrons. The summed E-state index contributed by atoms with van der Waals surface area (Å²) < 4.78 is 18.2. The van der Waals surface area contributed by atoms with Gasteiger partial charge >= 0.3 is 5.97 Å². The van der Waals surface area contributed by atoms with Crippen molar-refractivity contribution >= 4 is 20.1 Å². The first-order chi connectivity index (χ1) is 16.7. The molecule has 0 aromatic heterocycles. The Kier molecular flexibility index (Phi) is 11.8. The van der Waals surface area contributed by atoms with Crippen LogP contribution in [0.15, 0.2) is 30.3 Å². The minimum absolute atomic E-state index is 0.0373. The van der Waals surface area contributed by atoms with Gasteiger partial charge in [0.05, 0.1) is 37.3 Å². The van der Waals surface area contributed by atoms with Crippen LogP contribution in [0.2, 0.25) is 18.1 Å². The Morgan fingerprint density at radius 2 is 1.49 bits per heavy atom. The maximum absolute atomic E-state index is 13.8. The van der Waals surface area contributed by atoms with Crippen molar-refractivity contribution in [2.24, 2.45) is 17.3 Å². The largest absolute Gasteiger partial charge is 0.460 e. The Labute approximate surface area is 226 Å². The fraction of sp³-hybridized carbons (Fsp3) is 0.733. The van der Waals surface area contributed by atoms with E-state index in [0.717, 1.165) is 5.56 Å². The Hall–Kier alpha value is -1.54. The number of aliphatic hydroxyl groups excluding tert-OH is 1. The molecule has 1 rings (SSSR count). The number of benzene rings is 1. The van der Waals surface area contributed by atoms with Crippen molar-refractivity contribution in [3.05, 3.63) is 35.9 Å². The molecule has 0 aliphatic rings. The number of Topliss-reactive ketones (excluding diaryl/α,β-unsaturated/α-hetero) is 1. The summed E-state index contributed by atoms with van der Waals surface area (Å²) in [5.74, 6) is -1.23. The number of rotatable bonds is 13. The number of carbonyl (C=O) groups is 2. The monoisotopic (exact) mass is 536 g/mol. The van der Waals surface area contributed by atoms with E-state index in [1.165, 1.54) is 0 Å². The second-order valence-electron chi connectivity index (χ2n) is 13.5. The van der Waals surface area contributed by atoms with Gasteiger partial charge in [0.1, 0.15) is 11.4 Å². The maximum atomic E-state index is 13.8. The molecule has 212 valence electrons. The molecular weight excluding hydrogens is 484 g/mol.